The molecule has 0 aromatic heterocycles. The Kier molecular flexibility index (Phi) is 12.6. The van der Waals surface area contributed by atoms with Gasteiger partial charge in [-0.15, -0.1) is 0 Å². The van der Waals surface area contributed by atoms with Crippen LogP contribution in [0.1, 0.15) is 84.6 Å². The van der Waals surface area contributed by atoms with Gasteiger partial charge in [0, 0.05) is 38.8 Å². The first-order valence-corrected chi connectivity index (χ1v) is 16.7. The number of hydrogen-bond donors (Lipinski definition) is 1. The fourth-order valence-electron chi connectivity index (χ4n) is 6.27. The lowest BCUT2D eigenvalue weighted by atomic mass is 9.98. The Balaban J connectivity index is 1.42. The number of anilines is 1. The molecule has 2 aliphatic rings. The summed E-state index contributed by atoms with van der Waals surface area (Å²) < 4.78 is 6.37. The first-order valence-electron chi connectivity index (χ1n) is 16.7. The second kappa shape index (κ2) is 16.6. The Bertz CT molecular complexity index is 1120. The third-order valence-corrected chi connectivity index (χ3v) is 8.77. The number of carbonyl (C=O) groups excluding carboxylic acids is 2. The molecule has 3 amide bonds. The molecule has 0 spiro atoms. The van der Waals surface area contributed by atoms with Crippen molar-refractivity contribution in [2.75, 3.05) is 37.6 Å². The minimum Gasteiger partial charge on any atom is -0.487 e. The number of benzene rings is 2. The first kappa shape index (κ1) is 32.7. The highest BCUT2D eigenvalue weighted by Crippen LogP contribution is 2.33. The van der Waals surface area contributed by atoms with Crippen LogP contribution >= 0.6 is 0 Å². The smallest absolute Gasteiger partial charge is 0.318 e. The van der Waals surface area contributed by atoms with Crippen LogP contribution in [0.5, 0.6) is 5.75 Å². The average Bonchev–Trinajstić information content (AvgIpc) is 3.30. The van der Waals surface area contributed by atoms with E-state index in [0.717, 1.165) is 68.7 Å². The molecule has 2 aliphatic heterocycles. The average molecular weight is 591 g/mol. The number of nitrogens with zero attached hydrogens (tertiary/aromatic N) is 3. The minimum absolute atomic E-state index is 0.0654. The molecule has 0 radical (unpaired) electrons. The van der Waals surface area contributed by atoms with Crippen molar-refractivity contribution in [3.8, 4) is 5.75 Å². The molecule has 2 aromatic rings. The summed E-state index contributed by atoms with van der Waals surface area (Å²) in [6.45, 7) is 13.2. The summed E-state index contributed by atoms with van der Waals surface area (Å²) >= 11 is 0. The predicted octanol–water partition coefficient (Wildman–Crippen LogP) is 7.11. The van der Waals surface area contributed by atoms with Crippen LogP contribution in [0.15, 0.2) is 54.6 Å². The van der Waals surface area contributed by atoms with Crippen LogP contribution in [0.2, 0.25) is 0 Å². The van der Waals surface area contributed by atoms with Gasteiger partial charge in [0.1, 0.15) is 18.4 Å². The summed E-state index contributed by atoms with van der Waals surface area (Å²) in [6.07, 6.45) is 7.96. The SMILES string of the molecule is CC(C)CCN(c1ccccc1OCc1ccccc1)C1CCN(C(=O)C(CC(C)C)NC(=O)N2CCCCCC2)CC1. The lowest BCUT2D eigenvalue weighted by molar-refractivity contribution is -0.134. The summed E-state index contributed by atoms with van der Waals surface area (Å²) in [6, 6.07) is 18.4. The van der Waals surface area contributed by atoms with Crippen molar-refractivity contribution >= 4 is 17.6 Å². The van der Waals surface area contributed by atoms with Gasteiger partial charge in [-0.1, -0.05) is 83.0 Å². The third-order valence-electron chi connectivity index (χ3n) is 8.77. The molecule has 0 aliphatic carbocycles. The molecular weight excluding hydrogens is 536 g/mol. The molecule has 2 aromatic carbocycles. The number of urea groups is 1. The van der Waals surface area contributed by atoms with Crippen LogP contribution < -0.4 is 15.0 Å². The number of rotatable bonds is 12. The van der Waals surface area contributed by atoms with Gasteiger partial charge in [-0.25, -0.2) is 4.79 Å². The quantitative estimate of drug-likeness (QED) is 0.286. The van der Waals surface area contributed by atoms with Gasteiger partial charge < -0.3 is 24.8 Å². The lowest BCUT2D eigenvalue weighted by Crippen LogP contribution is -2.55. The van der Waals surface area contributed by atoms with E-state index >= 15 is 0 Å². The van der Waals surface area contributed by atoms with E-state index in [0.29, 0.717) is 44.0 Å². The van der Waals surface area contributed by atoms with Crippen molar-refractivity contribution in [3.05, 3.63) is 60.2 Å². The highest BCUT2D eigenvalue weighted by Gasteiger charge is 2.33. The predicted molar refractivity (Wildman–Crippen MR) is 175 cm³/mol. The summed E-state index contributed by atoms with van der Waals surface area (Å²) in [7, 11) is 0. The molecule has 1 N–H and O–H groups in total. The lowest BCUT2D eigenvalue weighted by Gasteiger charge is -2.41. The van der Waals surface area contributed by atoms with Gasteiger partial charge in [-0.05, 0) is 68.1 Å². The molecule has 1 unspecified atom stereocenters. The van der Waals surface area contributed by atoms with Gasteiger partial charge in [-0.3, -0.25) is 4.79 Å². The van der Waals surface area contributed by atoms with E-state index in [9.17, 15) is 9.59 Å². The second-order valence-corrected chi connectivity index (χ2v) is 13.2. The van der Waals surface area contributed by atoms with E-state index in [4.69, 9.17) is 4.74 Å². The van der Waals surface area contributed by atoms with Gasteiger partial charge in [0.2, 0.25) is 5.91 Å². The standard InChI is InChI=1S/C36H54N4O3/c1-28(2)18-25-40(33-16-10-11-17-34(33)43-27-30-14-8-7-9-15-30)31-19-23-38(24-20-31)35(41)32(26-29(3)4)37-36(42)39-21-12-5-6-13-22-39/h7-11,14-17,28-29,31-32H,5-6,12-13,18-27H2,1-4H3,(H,37,42). The Hall–Kier alpha value is -3.22. The summed E-state index contributed by atoms with van der Waals surface area (Å²) in [5, 5.41) is 3.14. The van der Waals surface area contributed by atoms with Crippen LogP contribution in [0.3, 0.4) is 0 Å². The maximum Gasteiger partial charge on any atom is 0.318 e. The third kappa shape index (κ3) is 9.90. The Labute approximate surface area is 260 Å². The molecule has 1 atom stereocenters. The van der Waals surface area contributed by atoms with Crippen LogP contribution in [-0.4, -0.2) is 66.5 Å². The largest absolute Gasteiger partial charge is 0.487 e. The summed E-state index contributed by atoms with van der Waals surface area (Å²) in [4.78, 5) is 33.4. The number of amides is 3. The molecule has 2 fully saturated rings. The minimum atomic E-state index is -0.476. The summed E-state index contributed by atoms with van der Waals surface area (Å²) in [5.41, 5.74) is 2.28. The van der Waals surface area contributed by atoms with E-state index in [-0.39, 0.29) is 11.9 Å². The summed E-state index contributed by atoms with van der Waals surface area (Å²) in [5.74, 6) is 1.87. The maximum absolute atomic E-state index is 13.8. The van der Waals surface area contributed by atoms with Gasteiger partial charge in [0.25, 0.3) is 0 Å². The Morgan fingerprint density at radius 3 is 2.14 bits per heavy atom. The number of nitrogens with one attached hydrogen (secondary N) is 1. The van der Waals surface area contributed by atoms with Crippen LogP contribution in [0.4, 0.5) is 10.5 Å². The fourth-order valence-corrected chi connectivity index (χ4v) is 6.27. The number of ether oxygens (including phenoxy) is 1. The van der Waals surface area contributed by atoms with Crippen LogP contribution in [0, 0.1) is 11.8 Å². The second-order valence-electron chi connectivity index (χ2n) is 13.2. The van der Waals surface area contributed by atoms with Gasteiger partial charge in [-0.2, -0.15) is 0 Å². The first-order chi connectivity index (χ1) is 20.8. The number of hydrogen-bond acceptors (Lipinski definition) is 4. The van der Waals surface area contributed by atoms with E-state index in [1.165, 1.54) is 12.8 Å². The van der Waals surface area contributed by atoms with Gasteiger partial charge in [0.15, 0.2) is 0 Å². The van der Waals surface area contributed by atoms with Crippen molar-refractivity contribution in [1.29, 1.82) is 0 Å². The van der Waals surface area contributed by atoms with Gasteiger partial charge in [0.05, 0.1) is 5.69 Å². The van der Waals surface area contributed by atoms with Crippen LogP contribution in [0.25, 0.3) is 0 Å². The van der Waals surface area contributed by atoms with E-state index in [1.54, 1.807) is 0 Å². The Morgan fingerprint density at radius 2 is 1.49 bits per heavy atom. The maximum atomic E-state index is 13.8. The zero-order valence-electron chi connectivity index (χ0n) is 27.0. The number of carbonyl (C=O) groups is 2. The van der Waals surface area contributed by atoms with E-state index in [2.05, 4.69) is 68.2 Å². The van der Waals surface area contributed by atoms with Crippen molar-refractivity contribution in [3.63, 3.8) is 0 Å². The van der Waals surface area contributed by atoms with Crippen molar-refractivity contribution in [1.82, 2.24) is 15.1 Å². The normalized spacial score (nSPS) is 17.1. The molecule has 2 heterocycles. The number of piperidine rings is 1. The monoisotopic (exact) mass is 590 g/mol. The zero-order valence-corrected chi connectivity index (χ0v) is 27.0. The van der Waals surface area contributed by atoms with Crippen molar-refractivity contribution in [2.45, 2.75) is 97.8 Å². The zero-order chi connectivity index (χ0) is 30.6. The molecule has 4 rings (SSSR count). The molecule has 43 heavy (non-hydrogen) atoms. The van der Waals surface area contributed by atoms with Crippen molar-refractivity contribution in [2.24, 2.45) is 11.8 Å². The van der Waals surface area contributed by atoms with Crippen molar-refractivity contribution < 1.29 is 14.3 Å². The van der Waals surface area contributed by atoms with E-state index in [1.807, 2.05) is 34.1 Å². The molecule has 0 saturated carbocycles. The molecule has 236 valence electrons. The molecule has 0 bridgehead atoms. The number of para-hydroxylation sites is 2. The molecule has 2 saturated heterocycles. The molecule has 7 heteroatoms. The van der Waals surface area contributed by atoms with Gasteiger partial charge >= 0.3 is 6.03 Å². The highest BCUT2D eigenvalue weighted by atomic mass is 16.5. The molecule has 7 nitrogen and oxygen atoms in total. The fraction of sp³-hybridized carbons (Fsp3) is 0.611. The van der Waals surface area contributed by atoms with E-state index < -0.39 is 6.04 Å². The highest BCUT2D eigenvalue weighted by molar-refractivity contribution is 5.87. The number of likely N-dealkylation sites (tertiary alicyclic amines) is 2. The van der Waals surface area contributed by atoms with Crippen LogP contribution in [-0.2, 0) is 11.4 Å². The Morgan fingerprint density at radius 1 is 0.837 bits per heavy atom. The molecular formula is C36H54N4O3. The topological polar surface area (TPSA) is 65.1 Å².